The lowest BCUT2D eigenvalue weighted by Gasteiger charge is -2.11. The number of carboxylic acids is 1. The number of unbranched alkanes of at least 4 members (excludes halogenated alkanes) is 1. The number of aliphatic carboxylic acids is 1. The molecule has 1 aliphatic rings. The van der Waals surface area contributed by atoms with Crippen LogP contribution < -0.4 is 22.4 Å². The van der Waals surface area contributed by atoms with Crippen molar-refractivity contribution < 1.29 is 27.2 Å². The summed E-state index contributed by atoms with van der Waals surface area (Å²) in [6.07, 6.45) is 7.05. The van der Waals surface area contributed by atoms with Gasteiger partial charge in [-0.2, -0.15) is 0 Å². The van der Waals surface area contributed by atoms with Crippen molar-refractivity contribution in [3.8, 4) is 0 Å². The molecule has 0 fully saturated rings. The quantitative estimate of drug-likeness (QED) is 0.540. The van der Waals surface area contributed by atoms with Crippen LogP contribution >= 0.6 is 0 Å². The minimum Gasteiger partial charge on any atom is -1.00 e. The zero-order valence-electron chi connectivity index (χ0n) is 9.62. The van der Waals surface area contributed by atoms with Gasteiger partial charge in [0.15, 0.2) is 6.67 Å². The summed E-state index contributed by atoms with van der Waals surface area (Å²) in [7, 11) is 2.12. The summed E-state index contributed by atoms with van der Waals surface area (Å²) in [4.78, 5) is 12.7. The topological polar surface area (TPSA) is 47.8 Å². The lowest BCUT2D eigenvalue weighted by molar-refractivity contribution is -0.848. The summed E-state index contributed by atoms with van der Waals surface area (Å²) in [5.74, 6) is -1.08. The first-order valence-corrected chi connectivity index (χ1v) is 4.97. The minimum atomic E-state index is -1.08. The Kier molecular flexibility index (Phi) is 10.9. The van der Waals surface area contributed by atoms with Crippen molar-refractivity contribution in [2.24, 2.45) is 0 Å². The van der Waals surface area contributed by atoms with Crippen molar-refractivity contribution in [3.63, 3.8) is 0 Å². The van der Waals surface area contributed by atoms with Gasteiger partial charge in [0.1, 0.15) is 6.20 Å². The van der Waals surface area contributed by atoms with Crippen molar-refractivity contribution in [2.75, 3.05) is 20.3 Å². The molecule has 0 bridgehead atoms. The number of carbonyl (C=O) groups excluding carboxylic acids is 1. The fourth-order valence-corrected chi connectivity index (χ4v) is 1.22. The van der Waals surface area contributed by atoms with Crippen LogP contribution in [0.15, 0.2) is 12.4 Å². The van der Waals surface area contributed by atoms with Crippen LogP contribution in [0.5, 0.6) is 0 Å². The van der Waals surface area contributed by atoms with Gasteiger partial charge < -0.3 is 27.2 Å². The van der Waals surface area contributed by atoms with Gasteiger partial charge in [0, 0.05) is 13.0 Å². The number of halogens is 1. The monoisotopic (exact) mass is 235 g/mol. The third kappa shape index (κ3) is 11.2. The maximum atomic E-state index is 8.89. The Labute approximate surface area is 98.0 Å². The van der Waals surface area contributed by atoms with Crippen LogP contribution in [0.4, 0.5) is 0 Å². The molecule has 5 heteroatoms. The third-order valence-corrected chi connectivity index (χ3v) is 1.87. The molecule has 1 unspecified atom stereocenters. The van der Waals surface area contributed by atoms with E-state index >= 15 is 0 Å². The van der Waals surface area contributed by atoms with E-state index in [1.54, 1.807) is 4.90 Å². The highest BCUT2D eigenvalue weighted by Gasteiger charge is 2.11. The van der Waals surface area contributed by atoms with Gasteiger partial charge in [-0.1, -0.05) is 13.3 Å². The van der Waals surface area contributed by atoms with Gasteiger partial charge in [-0.15, -0.1) is 0 Å². The van der Waals surface area contributed by atoms with E-state index in [0.717, 1.165) is 13.6 Å². The number of quaternary nitrogens is 1. The molecular weight excluding hydrogens is 216 g/mol. The van der Waals surface area contributed by atoms with E-state index in [1.807, 2.05) is 0 Å². The van der Waals surface area contributed by atoms with Crippen LogP contribution in [0.1, 0.15) is 26.7 Å². The molecule has 4 nitrogen and oxygen atoms in total. The predicted molar refractivity (Wildman–Crippen MR) is 53.2 cm³/mol. The minimum absolute atomic E-state index is 0. The molecule has 1 N–H and O–H groups in total. The van der Waals surface area contributed by atoms with Gasteiger partial charge in [0.05, 0.1) is 12.7 Å². The maximum absolute atomic E-state index is 8.89. The zero-order chi connectivity index (χ0) is 11.0. The zero-order valence-corrected chi connectivity index (χ0v) is 10.4. The van der Waals surface area contributed by atoms with Gasteiger partial charge in [-0.3, -0.25) is 4.90 Å². The normalized spacial score (nSPS) is 17.8. The standard InChI is InChI=1S/C8H16N2.C2H4O2.ClH/c1-3-4-5-10-7-6-9(2)8-10;1-2(3)4;/h6-7H,3-5,8H2,1-2H3;1H3,(H,3,4);1H/p-1. The van der Waals surface area contributed by atoms with E-state index in [9.17, 15) is 0 Å². The Morgan fingerprint density at radius 3 is 2.47 bits per heavy atom. The van der Waals surface area contributed by atoms with Gasteiger partial charge in [-0.25, -0.2) is 0 Å². The molecule has 0 spiro atoms. The number of nitrogens with one attached hydrogen (secondary N) is 1. The molecule has 0 saturated heterocycles. The Morgan fingerprint density at radius 1 is 1.60 bits per heavy atom. The number of nitrogens with zero attached hydrogens (tertiary/aromatic N) is 1. The first-order valence-electron chi connectivity index (χ1n) is 4.97. The van der Waals surface area contributed by atoms with E-state index in [0.29, 0.717) is 0 Å². The summed E-state index contributed by atoms with van der Waals surface area (Å²) >= 11 is 0. The second-order valence-corrected chi connectivity index (χ2v) is 3.48. The van der Waals surface area contributed by atoms with E-state index < -0.39 is 5.97 Å². The molecule has 0 aromatic heterocycles. The van der Waals surface area contributed by atoms with Crippen molar-refractivity contribution in [1.29, 1.82) is 0 Å². The third-order valence-electron chi connectivity index (χ3n) is 1.87. The highest BCUT2D eigenvalue weighted by Crippen LogP contribution is 1.85. The molecule has 0 aromatic rings. The first kappa shape index (κ1) is 16.7. The summed E-state index contributed by atoms with van der Waals surface area (Å²) in [6.45, 7) is 5.65. The van der Waals surface area contributed by atoms with E-state index in [2.05, 4.69) is 31.3 Å². The highest BCUT2D eigenvalue weighted by molar-refractivity contribution is 5.60. The molecule has 1 rings (SSSR count). The average molecular weight is 236 g/mol. The molecular formula is C10H20ClN2O2-. The van der Waals surface area contributed by atoms with E-state index in [1.165, 1.54) is 19.4 Å². The number of carbonyl (C=O) groups is 1. The van der Waals surface area contributed by atoms with Gasteiger partial charge in [0.25, 0.3) is 0 Å². The van der Waals surface area contributed by atoms with Gasteiger partial charge in [0.2, 0.25) is 0 Å². The highest BCUT2D eigenvalue weighted by atomic mass is 35.5. The van der Waals surface area contributed by atoms with Crippen LogP contribution in [0.25, 0.3) is 0 Å². The molecule has 1 atom stereocenters. The largest absolute Gasteiger partial charge is 1.00 e. The average Bonchev–Trinajstić information content (AvgIpc) is 2.47. The summed E-state index contributed by atoms with van der Waals surface area (Å²) in [5, 5.41) is 8.89. The van der Waals surface area contributed by atoms with Crippen LogP contribution in [0, 0.1) is 0 Å². The van der Waals surface area contributed by atoms with Crippen LogP contribution in [-0.4, -0.2) is 31.1 Å². The molecule has 0 amide bonds. The SMILES string of the molecule is CC(=O)[O-].CCCC[NH+]1C=CN(C)C1.[Cl-]. The molecule has 90 valence electrons. The summed E-state index contributed by atoms with van der Waals surface area (Å²) < 4.78 is 0. The Hall–Kier alpha value is -0.740. The number of carboxylic acid groups (broad SMARTS) is 1. The molecule has 0 aromatic carbocycles. The van der Waals surface area contributed by atoms with Crippen LogP contribution in [0.2, 0.25) is 0 Å². The molecule has 15 heavy (non-hydrogen) atoms. The summed E-state index contributed by atoms with van der Waals surface area (Å²) in [6, 6.07) is 0. The van der Waals surface area contributed by atoms with Gasteiger partial charge >= 0.3 is 0 Å². The van der Waals surface area contributed by atoms with E-state index in [4.69, 9.17) is 9.90 Å². The van der Waals surface area contributed by atoms with Crippen molar-refractivity contribution in [2.45, 2.75) is 26.7 Å². The fraction of sp³-hybridized carbons (Fsp3) is 0.700. The smallest absolute Gasteiger partial charge is 0.156 e. The number of hydrogen-bond donors (Lipinski definition) is 1. The molecule has 0 saturated carbocycles. The lowest BCUT2D eigenvalue weighted by Crippen LogP contribution is -3.07. The molecule has 1 heterocycles. The Morgan fingerprint density at radius 2 is 2.13 bits per heavy atom. The van der Waals surface area contributed by atoms with Crippen molar-refractivity contribution >= 4 is 5.97 Å². The van der Waals surface area contributed by atoms with Crippen molar-refractivity contribution in [1.82, 2.24) is 4.90 Å². The van der Waals surface area contributed by atoms with Crippen LogP contribution in [0.3, 0.4) is 0 Å². The van der Waals surface area contributed by atoms with Crippen molar-refractivity contribution in [3.05, 3.63) is 12.4 Å². The predicted octanol–water partition coefficient (Wildman–Crippen LogP) is -4.19. The number of hydrogen-bond acceptors (Lipinski definition) is 3. The second-order valence-electron chi connectivity index (χ2n) is 3.48. The second kappa shape index (κ2) is 9.80. The molecule has 0 aliphatic carbocycles. The lowest BCUT2D eigenvalue weighted by atomic mass is 10.3. The maximum Gasteiger partial charge on any atom is 0.156 e. The van der Waals surface area contributed by atoms with Gasteiger partial charge in [-0.05, 0) is 13.3 Å². The molecule has 1 aliphatic heterocycles. The summed E-state index contributed by atoms with van der Waals surface area (Å²) in [5.41, 5.74) is 0. The Bertz CT molecular complexity index is 194. The molecule has 0 radical (unpaired) electrons. The number of rotatable bonds is 3. The fourth-order valence-electron chi connectivity index (χ4n) is 1.22. The first-order chi connectivity index (χ1) is 6.56. The Balaban J connectivity index is 0. The van der Waals surface area contributed by atoms with Crippen LogP contribution in [-0.2, 0) is 4.79 Å². The van der Waals surface area contributed by atoms with E-state index in [-0.39, 0.29) is 12.4 Å².